The van der Waals surface area contributed by atoms with Crippen molar-refractivity contribution in [2.75, 3.05) is 31.2 Å². The molecular formula is C30H34N4O2S. The van der Waals surface area contributed by atoms with Gasteiger partial charge in [0.05, 0.1) is 0 Å². The first-order valence-corrected chi connectivity index (χ1v) is 13.9. The maximum absolute atomic E-state index is 13.6. The summed E-state index contributed by atoms with van der Waals surface area (Å²) in [7, 11) is 0. The van der Waals surface area contributed by atoms with Gasteiger partial charge in [0.1, 0.15) is 6.54 Å². The maximum atomic E-state index is 13.6. The van der Waals surface area contributed by atoms with E-state index in [1.165, 1.54) is 10.9 Å². The van der Waals surface area contributed by atoms with Crippen LogP contribution in [-0.4, -0.2) is 52.6 Å². The summed E-state index contributed by atoms with van der Waals surface area (Å²) in [5.41, 5.74) is 4.06. The van der Waals surface area contributed by atoms with Crippen LogP contribution >= 0.6 is 11.8 Å². The lowest BCUT2D eigenvalue weighted by Gasteiger charge is -2.28. The fraction of sp³-hybridized carbons (Fsp3) is 0.267. The van der Waals surface area contributed by atoms with E-state index in [0.717, 1.165) is 34.5 Å². The summed E-state index contributed by atoms with van der Waals surface area (Å²) < 4.78 is 0. The Morgan fingerprint density at radius 1 is 0.892 bits per heavy atom. The molecule has 0 atom stereocenters. The topological polar surface area (TPSA) is 68.4 Å². The zero-order valence-corrected chi connectivity index (χ0v) is 22.3. The number of thioether (sulfide) groups is 1. The average Bonchev–Trinajstić information content (AvgIpc) is 3.34. The molecule has 7 heteroatoms. The Morgan fingerprint density at radius 2 is 1.62 bits per heavy atom. The van der Waals surface area contributed by atoms with Crippen molar-refractivity contribution in [2.24, 2.45) is 0 Å². The highest BCUT2D eigenvalue weighted by Crippen LogP contribution is 2.20. The minimum absolute atomic E-state index is 0.0310. The molecule has 0 aliphatic heterocycles. The second-order valence-electron chi connectivity index (χ2n) is 8.99. The number of benzene rings is 3. The molecule has 0 aliphatic carbocycles. The van der Waals surface area contributed by atoms with Crippen LogP contribution in [0.3, 0.4) is 0 Å². The predicted octanol–water partition coefficient (Wildman–Crippen LogP) is 6.41. The van der Waals surface area contributed by atoms with Crippen LogP contribution in [0.4, 0.5) is 10.5 Å². The molecule has 6 nitrogen and oxygen atoms in total. The first-order valence-electron chi connectivity index (χ1n) is 12.6. The predicted molar refractivity (Wildman–Crippen MR) is 153 cm³/mol. The van der Waals surface area contributed by atoms with Crippen molar-refractivity contribution in [3.8, 4) is 0 Å². The number of nitrogens with zero attached hydrogens (tertiary/aromatic N) is 2. The normalized spacial score (nSPS) is 10.9. The number of amides is 3. The third-order valence-corrected chi connectivity index (χ3v) is 7.09. The highest BCUT2D eigenvalue weighted by Gasteiger charge is 2.22. The summed E-state index contributed by atoms with van der Waals surface area (Å²) in [6, 6.07) is 25.7. The zero-order valence-electron chi connectivity index (χ0n) is 21.4. The monoisotopic (exact) mass is 514 g/mol. The third kappa shape index (κ3) is 7.17. The minimum Gasteiger partial charge on any atom is -0.361 e. The number of carbonyl (C=O) groups excluding carboxylic acids is 2. The molecule has 0 saturated carbocycles. The largest absolute Gasteiger partial charge is 0.361 e. The quantitative estimate of drug-likeness (QED) is 0.227. The summed E-state index contributed by atoms with van der Waals surface area (Å²) in [6.45, 7) is 3.61. The second kappa shape index (κ2) is 13.0. The number of hydrogen-bond acceptors (Lipinski definition) is 3. The van der Waals surface area contributed by atoms with Gasteiger partial charge in [-0.05, 0) is 60.6 Å². The highest BCUT2D eigenvalue weighted by atomic mass is 32.2. The van der Waals surface area contributed by atoms with Crippen LogP contribution in [0.15, 0.2) is 90.0 Å². The van der Waals surface area contributed by atoms with Gasteiger partial charge in [-0.25, -0.2) is 4.79 Å². The summed E-state index contributed by atoms with van der Waals surface area (Å²) in [6.07, 6.45) is 5.53. The Morgan fingerprint density at radius 3 is 2.35 bits per heavy atom. The molecule has 0 radical (unpaired) electrons. The molecule has 3 amide bonds. The van der Waals surface area contributed by atoms with E-state index in [-0.39, 0.29) is 18.5 Å². The Kier molecular flexibility index (Phi) is 9.27. The summed E-state index contributed by atoms with van der Waals surface area (Å²) in [5.74, 6) is -0.0648. The van der Waals surface area contributed by atoms with Gasteiger partial charge >= 0.3 is 6.03 Å². The number of anilines is 1. The molecule has 3 aromatic carbocycles. The van der Waals surface area contributed by atoms with Gasteiger partial charge in [-0.1, -0.05) is 55.5 Å². The van der Waals surface area contributed by atoms with Gasteiger partial charge in [0.25, 0.3) is 0 Å². The van der Waals surface area contributed by atoms with Crippen LogP contribution in [0.2, 0.25) is 0 Å². The van der Waals surface area contributed by atoms with Crippen molar-refractivity contribution in [3.63, 3.8) is 0 Å². The number of para-hydroxylation sites is 1. The fourth-order valence-corrected chi connectivity index (χ4v) is 4.76. The number of hydrogen-bond donors (Lipinski definition) is 2. The number of rotatable bonds is 11. The van der Waals surface area contributed by atoms with E-state index < -0.39 is 0 Å². The van der Waals surface area contributed by atoms with Crippen LogP contribution in [0.25, 0.3) is 10.9 Å². The second-order valence-corrected chi connectivity index (χ2v) is 9.87. The number of urea groups is 1. The molecule has 0 saturated heterocycles. The fourth-order valence-electron chi connectivity index (χ4n) is 4.35. The molecule has 0 fully saturated rings. The molecule has 4 aromatic rings. The molecule has 1 aromatic heterocycles. The Labute approximate surface area is 223 Å². The van der Waals surface area contributed by atoms with Gasteiger partial charge in [0.2, 0.25) is 5.91 Å². The average molecular weight is 515 g/mol. The number of aromatic amines is 1. The molecule has 0 unspecified atom stereocenters. The first-order chi connectivity index (χ1) is 18.1. The van der Waals surface area contributed by atoms with Crippen LogP contribution in [0.5, 0.6) is 0 Å². The van der Waals surface area contributed by atoms with Crippen LogP contribution in [0, 0.1) is 0 Å². The number of carbonyl (C=O) groups is 2. The lowest BCUT2D eigenvalue weighted by atomic mass is 10.1. The van der Waals surface area contributed by atoms with Gasteiger partial charge in [-0.15, -0.1) is 11.8 Å². The molecular weight excluding hydrogens is 480 g/mol. The molecule has 1 heterocycles. The van der Waals surface area contributed by atoms with Gasteiger partial charge < -0.3 is 20.1 Å². The first kappa shape index (κ1) is 26.4. The lowest BCUT2D eigenvalue weighted by molar-refractivity contribution is -0.132. The number of nitrogens with one attached hydrogen (secondary N) is 2. The molecule has 37 heavy (non-hydrogen) atoms. The van der Waals surface area contributed by atoms with Crippen LogP contribution < -0.4 is 5.32 Å². The van der Waals surface area contributed by atoms with Crippen molar-refractivity contribution >= 4 is 40.3 Å². The number of fused-ring (bicyclic) bond motifs is 1. The lowest BCUT2D eigenvalue weighted by Crippen LogP contribution is -2.45. The summed E-state index contributed by atoms with van der Waals surface area (Å²) in [4.78, 5) is 34.6. The summed E-state index contributed by atoms with van der Waals surface area (Å²) >= 11 is 1.65. The van der Waals surface area contributed by atoms with E-state index in [9.17, 15) is 9.59 Å². The van der Waals surface area contributed by atoms with E-state index in [1.54, 1.807) is 16.7 Å². The highest BCUT2D eigenvalue weighted by molar-refractivity contribution is 7.98. The molecule has 2 N–H and O–H groups in total. The van der Waals surface area contributed by atoms with E-state index >= 15 is 0 Å². The van der Waals surface area contributed by atoms with Gasteiger partial charge in [0.15, 0.2) is 0 Å². The van der Waals surface area contributed by atoms with Gasteiger partial charge in [-0.3, -0.25) is 4.79 Å². The zero-order chi connectivity index (χ0) is 26.0. The van der Waals surface area contributed by atoms with E-state index in [0.29, 0.717) is 19.6 Å². The number of aromatic nitrogens is 1. The molecule has 192 valence electrons. The van der Waals surface area contributed by atoms with Crippen molar-refractivity contribution < 1.29 is 9.59 Å². The standard InChI is InChI=1S/C30H34N4O2S/c1-3-18-34(30(36)32-25-13-15-26(37-2)16-14-25)22-29(35)33(21-23-9-5-4-6-10-23)19-17-24-20-31-28-12-8-7-11-27(24)28/h4-16,20,31H,3,17-19,21-22H2,1-2H3,(H,32,36). The van der Waals surface area contributed by atoms with E-state index in [4.69, 9.17) is 0 Å². The van der Waals surface area contributed by atoms with Crippen molar-refractivity contribution in [2.45, 2.75) is 31.2 Å². The SMILES string of the molecule is CCCN(CC(=O)N(CCc1c[nH]c2ccccc12)Cc1ccccc1)C(=O)Nc1ccc(SC)cc1. The summed E-state index contributed by atoms with van der Waals surface area (Å²) in [5, 5.41) is 4.12. The molecule has 0 bridgehead atoms. The minimum atomic E-state index is -0.261. The Bertz CT molecular complexity index is 1300. The van der Waals surface area contributed by atoms with Crippen LogP contribution in [-0.2, 0) is 17.8 Å². The van der Waals surface area contributed by atoms with Crippen molar-refractivity contribution in [1.29, 1.82) is 0 Å². The van der Waals surface area contributed by atoms with Crippen molar-refractivity contribution in [3.05, 3.63) is 96.2 Å². The van der Waals surface area contributed by atoms with Gasteiger partial charge in [0, 0.05) is 47.3 Å². The third-order valence-electron chi connectivity index (χ3n) is 6.34. The van der Waals surface area contributed by atoms with Gasteiger partial charge in [-0.2, -0.15) is 0 Å². The van der Waals surface area contributed by atoms with E-state index in [2.05, 4.69) is 22.4 Å². The maximum Gasteiger partial charge on any atom is 0.322 e. The molecule has 4 rings (SSSR count). The molecule has 0 aliphatic rings. The molecule has 0 spiro atoms. The number of H-pyrrole nitrogens is 1. The van der Waals surface area contributed by atoms with Crippen LogP contribution in [0.1, 0.15) is 24.5 Å². The Balaban J connectivity index is 1.47. The van der Waals surface area contributed by atoms with Crippen molar-refractivity contribution in [1.82, 2.24) is 14.8 Å². The van der Waals surface area contributed by atoms with E-state index in [1.807, 2.05) is 91.0 Å². The smallest absolute Gasteiger partial charge is 0.322 e. The Hall–Kier alpha value is -3.71.